The van der Waals surface area contributed by atoms with Crippen LogP contribution in [0.2, 0.25) is 5.02 Å². The standard InChI is InChI=1S/C22H24ClN3O5/c1-28-17-11-14(12-18(29-2)21(17)30-3)13-24-19(27)5-4-6-20-25-22(26-31-20)15-7-9-16(23)10-8-15/h7-12H,4-6,13H2,1-3H3,(H,24,27). The van der Waals surface area contributed by atoms with E-state index in [1.807, 2.05) is 12.1 Å². The number of aryl methyl sites for hydroxylation is 1. The van der Waals surface area contributed by atoms with Crippen LogP contribution in [0.25, 0.3) is 11.4 Å². The molecule has 164 valence electrons. The molecule has 3 rings (SSSR count). The van der Waals surface area contributed by atoms with Crippen LogP contribution in [-0.2, 0) is 17.8 Å². The van der Waals surface area contributed by atoms with E-state index in [1.54, 1.807) is 45.6 Å². The van der Waals surface area contributed by atoms with Crippen molar-refractivity contribution in [1.82, 2.24) is 15.5 Å². The predicted octanol–water partition coefficient (Wildman–Crippen LogP) is 4.05. The normalized spacial score (nSPS) is 10.6. The molecule has 3 aromatic rings. The van der Waals surface area contributed by atoms with Gasteiger partial charge in [-0.05, 0) is 48.4 Å². The summed E-state index contributed by atoms with van der Waals surface area (Å²) in [5.41, 5.74) is 1.66. The Bertz CT molecular complexity index is 995. The molecular formula is C22H24ClN3O5. The molecule has 0 aliphatic heterocycles. The van der Waals surface area contributed by atoms with Crippen molar-refractivity contribution in [2.45, 2.75) is 25.8 Å². The van der Waals surface area contributed by atoms with Crippen molar-refractivity contribution in [3.63, 3.8) is 0 Å². The quantitative estimate of drug-likeness (QED) is 0.502. The number of hydrogen-bond donors (Lipinski definition) is 1. The Morgan fingerprint density at radius 3 is 2.35 bits per heavy atom. The van der Waals surface area contributed by atoms with Crippen molar-refractivity contribution in [3.8, 4) is 28.6 Å². The number of amides is 1. The van der Waals surface area contributed by atoms with Gasteiger partial charge in [0.1, 0.15) is 0 Å². The summed E-state index contributed by atoms with van der Waals surface area (Å²) in [5.74, 6) is 2.50. The van der Waals surface area contributed by atoms with Gasteiger partial charge in [-0.1, -0.05) is 16.8 Å². The highest BCUT2D eigenvalue weighted by Gasteiger charge is 2.14. The summed E-state index contributed by atoms with van der Waals surface area (Å²) < 4.78 is 21.2. The summed E-state index contributed by atoms with van der Waals surface area (Å²) in [6.45, 7) is 0.344. The third-order valence-electron chi connectivity index (χ3n) is 4.58. The van der Waals surface area contributed by atoms with E-state index in [1.165, 1.54) is 0 Å². The number of ether oxygens (including phenoxy) is 3. The van der Waals surface area contributed by atoms with Gasteiger partial charge in [0.05, 0.1) is 21.3 Å². The Kier molecular flexibility index (Phi) is 7.72. The number of aromatic nitrogens is 2. The lowest BCUT2D eigenvalue weighted by atomic mass is 10.1. The minimum absolute atomic E-state index is 0.0776. The fraction of sp³-hybridized carbons (Fsp3) is 0.318. The maximum absolute atomic E-state index is 12.2. The molecule has 1 amide bonds. The van der Waals surface area contributed by atoms with Gasteiger partial charge < -0.3 is 24.1 Å². The molecule has 31 heavy (non-hydrogen) atoms. The van der Waals surface area contributed by atoms with E-state index < -0.39 is 0 Å². The molecule has 1 aromatic heterocycles. The van der Waals surface area contributed by atoms with Crippen molar-refractivity contribution in [3.05, 3.63) is 52.9 Å². The highest BCUT2D eigenvalue weighted by atomic mass is 35.5. The van der Waals surface area contributed by atoms with Crippen LogP contribution in [0, 0.1) is 0 Å². The molecular weight excluding hydrogens is 422 g/mol. The summed E-state index contributed by atoms with van der Waals surface area (Å²) in [7, 11) is 4.65. The molecule has 0 aliphatic rings. The first kappa shape index (κ1) is 22.4. The number of hydrogen-bond acceptors (Lipinski definition) is 7. The van der Waals surface area contributed by atoms with E-state index in [-0.39, 0.29) is 5.91 Å². The second-order valence-electron chi connectivity index (χ2n) is 6.68. The molecule has 8 nitrogen and oxygen atoms in total. The van der Waals surface area contributed by atoms with Crippen LogP contribution in [0.1, 0.15) is 24.3 Å². The SMILES string of the molecule is COc1cc(CNC(=O)CCCc2nc(-c3ccc(Cl)cc3)no2)cc(OC)c1OC. The van der Waals surface area contributed by atoms with Crippen LogP contribution in [0.15, 0.2) is 40.9 Å². The zero-order valence-electron chi connectivity index (χ0n) is 17.6. The van der Waals surface area contributed by atoms with E-state index in [0.29, 0.717) is 59.8 Å². The monoisotopic (exact) mass is 445 g/mol. The van der Waals surface area contributed by atoms with Gasteiger partial charge in [-0.25, -0.2) is 0 Å². The fourth-order valence-electron chi connectivity index (χ4n) is 3.00. The second-order valence-corrected chi connectivity index (χ2v) is 7.12. The summed E-state index contributed by atoms with van der Waals surface area (Å²) in [5, 5.41) is 7.51. The van der Waals surface area contributed by atoms with Crippen LogP contribution in [0.4, 0.5) is 0 Å². The van der Waals surface area contributed by atoms with Crippen molar-refractivity contribution in [2.24, 2.45) is 0 Å². The molecule has 0 saturated carbocycles. The van der Waals surface area contributed by atoms with Crippen molar-refractivity contribution >= 4 is 17.5 Å². The Morgan fingerprint density at radius 1 is 1.06 bits per heavy atom. The fourth-order valence-corrected chi connectivity index (χ4v) is 3.13. The molecule has 0 bridgehead atoms. The average Bonchev–Trinajstić information content (AvgIpc) is 3.26. The molecule has 0 spiro atoms. The maximum atomic E-state index is 12.2. The van der Waals surface area contributed by atoms with Gasteiger partial charge in [0.15, 0.2) is 11.5 Å². The molecule has 0 unspecified atom stereocenters. The Hall–Kier alpha value is -3.26. The number of nitrogens with one attached hydrogen (secondary N) is 1. The molecule has 0 fully saturated rings. The third-order valence-corrected chi connectivity index (χ3v) is 4.83. The summed E-state index contributed by atoms with van der Waals surface area (Å²) in [4.78, 5) is 16.6. The highest BCUT2D eigenvalue weighted by molar-refractivity contribution is 6.30. The lowest BCUT2D eigenvalue weighted by molar-refractivity contribution is -0.121. The average molecular weight is 446 g/mol. The van der Waals surface area contributed by atoms with Crippen LogP contribution >= 0.6 is 11.6 Å². The molecule has 1 heterocycles. The summed E-state index contributed by atoms with van der Waals surface area (Å²) in [6.07, 6.45) is 1.44. The number of carbonyl (C=O) groups is 1. The van der Waals surface area contributed by atoms with Gasteiger partial charge in [0.2, 0.25) is 23.4 Å². The van der Waals surface area contributed by atoms with Crippen molar-refractivity contribution < 1.29 is 23.5 Å². The lowest BCUT2D eigenvalue weighted by Gasteiger charge is -2.14. The number of benzene rings is 2. The minimum atomic E-state index is -0.0776. The van der Waals surface area contributed by atoms with Gasteiger partial charge in [0.25, 0.3) is 0 Å². The molecule has 1 N–H and O–H groups in total. The zero-order chi connectivity index (χ0) is 22.2. The third kappa shape index (κ3) is 5.88. The van der Waals surface area contributed by atoms with E-state index in [4.69, 9.17) is 30.3 Å². The number of carbonyl (C=O) groups excluding carboxylic acids is 1. The van der Waals surface area contributed by atoms with E-state index in [2.05, 4.69) is 15.5 Å². The maximum Gasteiger partial charge on any atom is 0.226 e. The zero-order valence-corrected chi connectivity index (χ0v) is 18.4. The minimum Gasteiger partial charge on any atom is -0.493 e. The molecule has 0 saturated heterocycles. The number of nitrogens with zero attached hydrogens (tertiary/aromatic N) is 2. The summed E-state index contributed by atoms with van der Waals surface area (Å²) >= 11 is 5.89. The van der Waals surface area contributed by atoms with Crippen molar-refractivity contribution in [1.29, 1.82) is 0 Å². The van der Waals surface area contributed by atoms with Gasteiger partial charge in [-0.15, -0.1) is 0 Å². The Morgan fingerprint density at radius 2 is 1.74 bits per heavy atom. The van der Waals surface area contributed by atoms with E-state index in [9.17, 15) is 4.79 Å². The van der Waals surface area contributed by atoms with Gasteiger partial charge in [0, 0.05) is 30.0 Å². The van der Waals surface area contributed by atoms with Gasteiger partial charge in [-0.3, -0.25) is 4.79 Å². The first-order valence-corrected chi connectivity index (χ1v) is 10.1. The van der Waals surface area contributed by atoms with E-state index in [0.717, 1.165) is 11.1 Å². The molecule has 2 aromatic carbocycles. The lowest BCUT2D eigenvalue weighted by Crippen LogP contribution is -2.22. The summed E-state index contributed by atoms with van der Waals surface area (Å²) in [6, 6.07) is 10.8. The van der Waals surface area contributed by atoms with Crippen LogP contribution < -0.4 is 19.5 Å². The predicted molar refractivity (Wildman–Crippen MR) is 116 cm³/mol. The van der Waals surface area contributed by atoms with Gasteiger partial charge >= 0.3 is 0 Å². The largest absolute Gasteiger partial charge is 0.493 e. The second kappa shape index (κ2) is 10.7. The first-order chi connectivity index (χ1) is 15.0. The van der Waals surface area contributed by atoms with Crippen LogP contribution in [0.5, 0.6) is 17.2 Å². The highest BCUT2D eigenvalue weighted by Crippen LogP contribution is 2.38. The first-order valence-electron chi connectivity index (χ1n) is 9.68. The Labute approximate surface area is 185 Å². The number of halogens is 1. The molecule has 0 radical (unpaired) electrons. The topological polar surface area (TPSA) is 95.7 Å². The van der Waals surface area contributed by atoms with Crippen LogP contribution in [-0.4, -0.2) is 37.4 Å². The van der Waals surface area contributed by atoms with Crippen LogP contribution in [0.3, 0.4) is 0 Å². The molecule has 0 atom stereocenters. The Balaban J connectivity index is 1.48. The van der Waals surface area contributed by atoms with Gasteiger partial charge in [-0.2, -0.15) is 4.98 Å². The smallest absolute Gasteiger partial charge is 0.226 e. The number of methoxy groups -OCH3 is 3. The molecule has 0 aliphatic carbocycles. The molecule has 9 heteroatoms. The van der Waals surface area contributed by atoms with Crippen molar-refractivity contribution in [2.75, 3.05) is 21.3 Å². The number of rotatable bonds is 10. The van der Waals surface area contributed by atoms with E-state index >= 15 is 0 Å².